The number of rotatable bonds is 3. The first-order valence-corrected chi connectivity index (χ1v) is 7.35. The number of aromatic nitrogens is 1. The maximum Gasteiger partial charge on any atom is 0.128 e. The van der Waals surface area contributed by atoms with Gasteiger partial charge in [0.2, 0.25) is 0 Å². The largest absolute Gasteiger partial charge is 0.383 e. The third kappa shape index (κ3) is 2.76. The van der Waals surface area contributed by atoms with Crippen LogP contribution in [0, 0.1) is 0 Å². The van der Waals surface area contributed by atoms with Crippen molar-refractivity contribution in [2.24, 2.45) is 0 Å². The van der Waals surface area contributed by atoms with Crippen LogP contribution in [0.15, 0.2) is 30.3 Å². The number of nitrogens with two attached hydrogens (primary N) is 1. The smallest absolute Gasteiger partial charge is 0.128 e. The first-order valence-electron chi connectivity index (χ1n) is 7.35. The lowest BCUT2D eigenvalue weighted by atomic mass is 10.1. The molecule has 4 heteroatoms. The Morgan fingerprint density at radius 2 is 1.80 bits per heavy atom. The Labute approximate surface area is 120 Å². The van der Waals surface area contributed by atoms with E-state index >= 15 is 0 Å². The maximum absolute atomic E-state index is 6.11. The molecule has 1 fully saturated rings. The monoisotopic (exact) mass is 270 g/mol. The van der Waals surface area contributed by atoms with Gasteiger partial charge in [0.05, 0.1) is 5.52 Å². The average Bonchev–Trinajstić information content (AvgIpc) is 2.49. The molecule has 0 amide bonds. The lowest BCUT2D eigenvalue weighted by molar-refractivity contribution is 0.132. The summed E-state index contributed by atoms with van der Waals surface area (Å²) in [7, 11) is 0. The molecule has 0 aliphatic carbocycles. The van der Waals surface area contributed by atoms with Crippen molar-refractivity contribution in [1.82, 2.24) is 14.8 Å². The quantitative estimate of drug-likeness (QED) is 0.926. The lowest BCUT2D eigenvalue weighted by Gasteiger charge is -2.34. The molecule has 20 heavy (non-hydrogen) atoms. The third-order valence-electron chi connectivity index (χ3n) is 4.14. The summed E-state index contributed by atoms with van der Waals surface area (Å²) in [6, 6.07) is 10.3. The van der Waals surface area contributed by atoms with Crippen molar-refractivity contribution in [3.63, 3.8) is 0 Å². The van der Waals surface area contributed by atoms with Crippen molar-refractivity contribution in [1.29, 1.82) is 0 Å². The Hall–Kier alpha value is -1.65. The fourth-order valence-electron chi connectivity index (χ4n) is 2.81. The Morgan fingerprint density at radius 1 is 1.10 bits per heavy atom. The molecule has 0 bridgehead atoms. The first kappa shape index (κ1) is 13.3. The summed E-state index contributed by atoms with van der Waals surface area (Å²) >= 11 is 0. The summed E-state index contributed by atoms with van der Waals surface area (Å²) < 4.78 is 0. The second kappa shape index (κ2) is 5.77. The number of pyridine rings is 1. The van der Waals surface area contributed by atoms with Gasteiger partial charge in [0.1, 0.15) is 5.82 Å². The molecule has 1 aromatic carbocycles. The predicted molar refractivity (Wildman–Crippen MR) is 83.5 cm³/mol. The molecule has 2 aromatic rings. The van der Waals surface area contributed by atoms with Crippen molar-refractivity contribution in [3.8, 4) is 0 Å². The highest BCUT2D eigenvalue weighted by atomic mass is 15.3. The van der Waals surface area contributed by atoms with E-state index in [1.807, 2.05) is 18.2 Å². The highest BCUT2D eigenvalue weighted by molar-refractivity contribution is 5.81. The Kier molecular flexibility index (Phi) is 3.85. The molecule has 0 unspecified atom stereocenters. The average molecular weight is 270 g/mol. The van der Waals surface area contributed by atoms with Crippen LogP contribution in [0.5, 0.6) is 0 Å². The number of nitrogen functional groups attached to an aromatic ring is 1. The molecule has 2 heterocycles. The number of fused-ring (bicyclic) bond motifs is 1. The van der Waals surface area contributed by atoms with E-state index in [-0.39, 0.29) is 0 Å². The molecule has 1 saturated heterocycles. The van der Waals surface area contributed by atoms with Crippen molar-refractivity contribution in [3.05, 3.63) is 35.9 Å². The zero-order valence-corrected chi connectivity index (χ0v) is 12.0. The van der Waals surface area contributed by atoms with E-state index in [1.54, 1.807) is 0 Å². The van der Waals surface area contributed by atoms with Gasteiger partial charge in [-0.2, -0.15) is 0 Å². The van der Waals surface area contributed by atoms with Crippen LogP contribution in [0.2, 0.25) is 0 Å². The Bertz CT molecular complexity index is 588. The highest BCUT2D eigenvalue weighted by Crippen LogP contribution is 2.20. The number of benzene rings is 1. The van der Waals surface area contributed by atoms with Gasteiger partial charge in [-0.05, 0) is 18.7 Å². The summed E-state index contributed by atoms with van der Waals surface area (Å²) in [5, 5.41) is 1.17. The van der Waals surface area contributed by atoms with Crippen LogP contribution in [0.25, 0.3) is 10.9 Å². The van der Waals surface area contributed by atoms with Gasteiger partial charge in [-0.1, -0.05) is 25.1 Å². The van der Waals surface area contributed by atoms with Crippen molar-refractivity contribution in [2.45, 2.75) is 13.5 Å². The minimum atomic E-state index is 0.668. The molecule has 1 aromatic heterocycles. The van der Waals surface area contributed by atoms with Gasteiger partial charge in [0.15, 0.2) is 0 Å². The molecule has 0 saturated carbocycles. The van der Waals surface area contributed by atoms with Gasteiger partial charge in [-0.3, -0.25) is 4.90 Å². The first-order chi connectivity index (χ1) is 9.76. The van der Waals surface area contributed by atoms with Gasteiger partial charge in [0, 0.05) is 43.7 Å². The van der Waals surface area contributed by atoms with Crippen molar-refractivity contribution < 1.29 is 0 Å². The highest BCUT2D eigenvalue weighted by Gasteiger charge is 2.16. The zero-order chi connectivity index (χ0) is 13.9. The van der Waals surface area contributed by atoms with Gasteiger partial charge < -0.3 is 10.6 Å². The zero-order valence-electron chi connectivity index (χ0n) is 12.0. The molecule has 0 radical (unpaired) electrons. The Morgan fingerprint density at radius 3 is 2.55 bits per heavy atom. The molecule has 0 spiro atoms. The van der Waals surface area contributed by atoms with E-state index in [9.17, 15) is 0 Å². The molecule has 1 aliphatic heterocycles. The van der Waals surface area contributed by atoms with Crippen LogP contribution >= 0.6 is 0 Å². The topological polar surface area (TPSA) is 45.4 Å². The number of piperazine rings is 1. The van der Waals surface area contributed by atoms with Crippen molar-refractivity contribution >= 4 is 16.7 Å². The number of nitrogens with zero attached hydrogens (tertiary/aromatic N) is 3. The summed E-state index contributed by atoms with van der Waals surface area (Å²) in [6.45, 7) is 8.80. The second-order valence-corrected chi connectivity index (χ2v) is 5.44. The summed E-state index contributed by atoms with van der Waals surface area (Å²) in [5.41, 5.74) is 8.23. The number of para-hydroxylation sites is 1. The van der Waals surface area contributed by atoms with Gasteiger partial charge >= 0.3 is 0 Å². The van der Waals surface area contributed by atoms with Crippen LogP contribution < -0.4 is 5.73 Å². The molecule has 4 nitrogen and oxygen atoms in total. The summed E-state index contributed by atoms with van der Waals surface area (Å²) in [4.78, 5) is 9.46. The number of likely N-dealkylation sites (N-methyl/N-ethyl adjacent to an activating group) is 1. The lowest BCUT2D eigenvalue weighted by Crippen LogP contribution is -2.45. The van der Waals surface area contributed by atoms with E-state index in [2.05, 4.69) is 33.8 Å². The number of hydrogen-bond acceptors (Lipinski definition) is 4. The maximum atomic E-state index is 6.11. The molecule has 3 rings (SSSR count). The standard InChI is InChI=1S/C16H22N4/c1-2-19-7-9-20(10-8-19)12-14-11-13-5-3-4-6-15(13)18-16(14)17/h3-6,11H,2,7-10,12H2,1H3,(H2,17,18). The number of hydrogen-bond donors (Lipinski definition) is 1. The summed E-state index contributed by atoms with van der Waals surface area (Å²) in [5.74, 6) is 0.668. The summed E-state index contributed by atoms with van der Waals surface area (Å²) in [6.07, 6.45) is 0. The minimum absolute atomic E-state index is 0.668. The fraction of sp³-hybridized carbons (Fsp3) is 0.438. The molecule has 106 valence electrons. The molecule has 2 N–H and O–H groups in total. The molecule has 1 aliphatic rings. The normalized spacial score (nSPS) is 17.6. The second-order valence-electron chi connectivity index (χ2n) is 5.44. The van der Waals surface area contributed by atoms with Crippen molar-refractivity contribution in [2.75, 3.05) is 38.5 Å². The van der Waals surface area contributed by atoms with Crippen LogP contribution in [-0.4, -0.2) is 47.5 Å². The van der Waals surface area contributed by atoms with Crippen LogP contribution in [0.4, 0.5) is 5.82 Å². The van der Waals surface area contributed by atoms with E-state index in [0.717, 1.165) is 50.3 Å². The molecular weight excluding hydrogens is 248 g/mol. The van der Waals surface area contributed by atoms with E-state index in [0.29, 0.717) is 5.82 Å². The van der Waals surface area contributed by atoms with Gasteiger partial charge in [-0.25, -0.2) is 4.98 Å². The van der Waals surface area contributed by atoms with Crippen LogP contribution in [0.1, 0.15) is 12.5 Å². The minimum Gasteiger partial charge on any atom is -0.383 e. The molecule has 0 atom stereocenters. The van der Waals surface area contributed by atoms with Gasteiger partial charge in [-0.15, -0.1) is 0 Å². The predicted octanol–water partition coefficient (Wildman–Crippen LogP) is 1.95. The van der Waals surface area contributed by atoms with E-state index in [1.165, 1.54) is 5.39 Å². The van der Waals surface area contributed by atoms with E-state index in [4.69, 9.17) is 5.73 Å². The fourth-order valence-corrected chi connectivity index (χ4v) is 2.81. The third-order valence-corrected chi connectivity index (χ3v) is 4.14. The van der Waals surface area contributed by atoms with Crippen LogP contribution in [0.3, 0.4) is 0 Å². The van der Waals surface area contributed by atoms with Crippen LogP contribution in [-0.2, 0) is 6.54 Å². The van der Waals surface area contributed by atoms with Gasteiger partial charge in [0.25, 0.3) is 0 Å². The van der Waals surface area contributed by atoms with E-state index < -0.39 is 0 Å². The number of anilines is 1. The molecular formula is C16H22N4. The Balaban J connectivity index is 1.76. The SMILES string of the molecule is CCN1CCN(Cc2cc3ccccc3nc2N)CC1.